The van der Waals surface area contributed by atoms with Gasteiger partial charge < -0.3 is 4.90 Å². The number of hydrogen-bond donors (Lipinski definition) is 0. The molecule has 0 saturated heterocycles. The number of anilines is 1. The number of pyridine rings is 1. The SMILES string of the molecule is C=C(C)N(C[C@@H](C)CC)c1ccc(-c2ccc(-c3nnn(C)n3)nc2)c(F)c1. The van der Waals surface area contributed by atoms with Gasteiger partial charge in [0.1, 0.15) is 11.5 Å². The van der Waals surface area contributed by atoms with Crippen molar-refractivity contribution < 1.29 is 4.39 Å². The molecule has 1 aromatic carbocycles. The Labute approximate surface area is 164 Å². The highest BCUT2D eigenvalue weighted by atomic mass is 19.1. The molecule has 0 fully saturated rings. The van der Waals surface area contributed by atoms with E-state index in [1.165, 1.54) is 4.80 Å². The van der Waals surface area contributed by atoms with Gasteiger partial charge in [-0.2, -0.15) is 4.80 Å². The van der Waals surface area contributed by atoms with Gasteiger partial charge in [-0.25, -0.2) is 4.39 Å². The average molecular weight is 380 g/mol. The third kappa shape index (κ3) is 4.24. The van der Waals surface area contributed by atoms with E-state index in [0.717, 1.165) is 24.4 Å². The van der Waals surface area contributed by atoms with Crippen molar-refractivity contribution in [2.45, 2.75) is 27.2 Å². The molecule has 7 heteroatoms. The lowest BCUT2D eigenvalue weighted by Crippen LogP contribution is -2.26. The Kier molecular flexibility index (Phi) is 5.82. The van der Waals surface area contributed by atoms with Gasteiger partial charge in [0.15, 0.2) is 0 Å². The van der Waals surface area contributed by atoms with Crippen molar-refractivity contribution in [3.05, 3.63) is 54.6 Å². The lowest BCUT2D eigenvalue weighted by Gasteiger charge is -2.28. The molecule has 0 N–H and O–H groups in total. The normalized spacial score (nSPS) is 12.0. The highest BCUT2D eigenvalue weighted by Crippen LogP contribution is 2.29. The van der Waals surface area contributed by atoms with Crippen LogP contribution in [0.5, 0.6) is 0 Å². The summed E-state index contributed by atoms with van der Waals surface area (Å²) in [6, 6.07) is 8.85. The third-order valence-corrected chi connectivity index (χ3v) is 4.73. The fraction of sp³-hybridized carbons (Fsp3) is 0.333. The molecule has 1 atom stereocenters. The van der Waals surface area contributed by atoms with Gasteiger partial charge in [-0.3, -0.25) is 4.98 Å². The molecule has 2 aromatic heterocycles. The Bertz CT molecular complexity index is 963. The van der Waals surface area contributed by atoms with Crippen LogP contribution in [0.4, 0.5) is 10.1 Å². The van der Waals surface area contributed by atoms with Crippen LogP contribution in [-0.2, 0) is 7.05 Å². The van der Waals surface area contributed by atoms with Gasteiger partial charge in [0.2, 0.25) is 5.82 Å². The molecule has 6 nitrogen and oxygen atoms in total. The Hall–Kier alpha value is -3.09. The zero-order valence-electron chi connectivity index (χ0n) is 16.7. The predicted molar refractivity (Wildman–Crippen MR) is 109 cm³/mol. The van der Waals surface area contributed by atoms with E-state index < -0.39 is 0 Å². The predicted octanol–water partition coefficient (Wildman–Crippen LogP) is 4.46. The van der Waals surface area contributed by atoms with Gasteiger partial charge in [0.25, 0.3) is 0 Å². The fourth-order valence-corrected chi connectivity index (χ4v) is 2.90. The van der Waals surface area contributed by atoms with Crippen LogP contribution >= 0.6 is 0 Å². The average Bonchev–Trinajstić information content (AvgIpc) is 3.12. The van der Waals surface area contributed by atoms with Crippen molar-refractivity contribution in [2.24, 2.45) is 13.0 Å². The summed E-state index contributed by atoms with van der Waals surface area (Å²) in [7, 11) is 1.69. The van der Waals surface area contributed by atoms with E-state index in [9.17, 15) is 4.39 Å². The number of tetrazole rings is 1. The van der Waals surface area contributed by atoms with Crippen LogP contribution in [0.2, 0.25) is 0 Å². The zero-order valence-corrected chi connectivity index (χ0v) is 16.7. The topological polar surface area (TPSA) is 59.7 Å². The number of hydrogen-bond acceptors (Lipinski definition) is 5. The van der Waals surface area contributed by atoms with E-state index in [1.807, 2.05) is 19.1 Å². The molecule has 0 spiro atoms. The first-order valence-electron chi connectivity index (χ1n) is 9.32. The molecule has 28 heavy (non-hydrogen) atoms. The minimum Gasteiger partial charge on any atom is -0.346 e. The molecule has 0 saturated carbocycles. The molecule has 2 heterocycles. The summed E-state index contributed by atoms with van der Waals surface area (Å²) in [5.41, 5.74) is 3.49. The fourth-order valence-electron chi connectivity index (χ4n) is 2.90. The number of halogens is 1. The number of aromatic nitrogens is 5. The van der Waals surface area contributed by atoms with Crippen molar-refractivity contribution in [1.82, 2.24) is 25.2 Å². The van der Waals surface area contributed by atoms with Crippen LogP contribution in [0.15, 0.2) is 48.8 Å². The third-order valence-electron chi connectivity index (χ3n) is 4.73. The van der Waals surface area contributed by atoms with Crippen molar-refractivity contribution in [1.29, 1.82) is 0 Å². The molecule has 0 aliphatic carbocycles. The minimum absolute atomic E-state index is 0.292. The van der Waals surface area contributed by atoms with Gasteiger partial charge in [-0.05, 0) is 42.3 Å². The molecule has 0 aliphatic rings. The van der Waals surface area contributed by atoms with E-state index in [-0.39, 0.29) is 5.82 Å². The smallest absolute Gasteiger partial charge is 0.223 e. The molecular weight excluding hydrogens is 355 g/mol. The summed E-state index contributed by atoms with van der Waals surface area (Å²) < 4.78 is 14.9. The van der Waals surface area contributed by atoms with Crippen molar-refractivity contribution >= 4 is 5.69 Å². The van der Waals surface area contributed by atoms with Gasteiger partial charge >= 0.3 is 0 Å². The van der Waals surface area contributed by atoms with Gasteiger partial charge in [-0.1, -0.05) is 32.9 Å². The standard InChI is InChI=1S/C21H25FN6/c1-6-15(4)13-28(14(2)3)17-8-9-18(19(22)11-17)16-7-10-20(23-12-16)21-24-26-27(5)25-21/h7-12,15H,2,6,13H2,1,3-5H3/t15-/m0/s1. The van der Waals surface area contributed by atoms with Crippen LogP contribution in [-0.4, -0.2) is 31.7 Å². The maximum absolute atomic E-state index is 14.9. The molecule has 3 rings (SSSR count). The molecule has 146 valence electrons. The second kappa shape index (κ2) is 8.29. The quantitative estimate of drug-likeness (QED) is 0.605. The van der Waals surface area contributed by atoms with Crippen LogP contribution in [0, 0.1) is 11.7 Å². The maximum Gasteiger partial charge on any atom is 0.223 e. The van der Waals surface area contributed by atoms with Gasteiger partial charge in [0.05, 0.1) is 7.05 Å². The van der Waals surface area contributed by atoms with E-state index in [0.29, 0.717) is 28.6 Å². The van der Waals surface area contributed by atoms with E-state index in [1.54, 1.807) is 31.4 Å². The summed E-state index contributed by atoms with van der Waals surface area (Å²) >= 11 is 0. The van der Waals surface area contributed by atoms with E-state index in [2.05, 4.69) is 45.7 Å². The van der Waals surface area contributed by atoms with E-state index >= 15 is 0 Å². The number of aryl methyl sites for hydroxylation is 1. The van der Waals surface area contributed by atoms with Crippen LogP contribution < -0.4 is 4.90 Å². The molecule has 3 aromatic rings. The van der Waals surface area contributed by atoms with Crippen LogP contribution in [0.1, 0.15) is 27.2 Å². The van der Waals surface area contributed by atoms with Gasteiger partial charge in [-0.15, -0.1) is 10.2 Å². The molecular formula is C21H25FN6. The number of allylic oxidation sites excluding steroid dienone is 1. The second-order valence-electron chi connectivity index (χ2n) is 7.06. The number of nitrogens with zero attached hydrogens (tertiary/aromatic N) is 6. The molecule has 0 unspecified atom stereocenters. The summed E-state index contributed by atoms with van der Waals surface area (Å²) in [5, 5.41) is 11.9. The Balaban J connectivity index is 1.86. The molecule has 0 radical (unpaired) electrons. The number of benzene rings is 1. The highest BCUT2D eigenvalue weighted by Gasteiger charge is 2.15. The van der Waals surface area contributed by atoms with E-state index in [4.69, 9.17) is 0 Å². The first-order valence-corrected chi connectivity index (χ1v) is 9.32. The molecule has 0 bridgehead atoms. The van der Waals surface area contributed by atoms with Gasteiger partial charge in [0, 0.05) is 35.3 Å². The Morgan fingerprint density at radius 1 is 1.29 bits per heavy atom. The van der Waals surface area contributed by atoms with Crippen molar-refractivity contribution in [2.75, 3.05) is 11.4 Å². The van der Waals surface area contributed by atoms with Crippen molar-refractivity contribution in [3.8, 4) is 22.6 Å². The van der Waals surface area contributed by atoms with Crippen LogP contribution in [0.25, 0.3) is 22.6 Å². The van der Waals surface area contributed by atoms with Crippen molar-refractivity contribution in [3.63, 3.8) is 0 Å². The molecule has 0 aliphatic heterocycles. The zero-order chi connectivity index (χ0) is 20.3. The lowest BCUT2D eigenvalue weighted by atomic mass is 10.0. The second-order valence-corrected chi connectivity index (χ2v) is 7.06. The first kappa shape index (κ1) is 19.7. The Morgan fingerprint density at radius 2 is 2.07 bits per heavy atom. The monoisotopic (exact) mass is 380 g/mol. The maximum atomic E-state index is 14.9. The Morgan fingerprint density at radius 3 is 2.61 bits per heavy atom. The largest absolute Gasteiger partial charge is 0.346 e. The lowest BCUT2D eigenvalue weighted by molar-refractivity contribution is 0.560. The summed E-state index contributed by atoms with van der Waals surface area (Å²) in [6.45, 7) is 11.1. The number of rotatable bonds is 7. The van der Waals surface area contributed by atoms with Crippen LogP contribution in [0.3, 0.4) is 0 Å². The first-order chi connectivity index (χ1) is 13.4. The molecule has 0 amide bonds. The highest BCUT2D eigenvalue weighted by molar-refractivity contribution is 5.68. The summed E-state index contributed by atoms with van der Waals surface area (Å²) in [6.07, 6.45) is 2.68. The minimum atomic E-state index is -0.292. The summed E-state index contributed by atoms with van der Waals surface area (Å²) in [4.78, 5) is 7.78. The summed E-state index contributed by atoms with van der Waals surface area (Å²) in [5.74, 6) is 0.637.